The molecule has 158 valence electrons. The van der Waals surface area contributed by atoms with E-state index >= 15 is 0 Å². The lowest BCUT2D eigenvalue weighted by molar-refractivity contribution is 0.0524. The van der Waals surface area contributed by atoms with Gasteiger partial charge in [-0.3, -0.25) is 14.4 Å². The largest absolute Gasteiger partial charge is 0.507 e. The molecule has 30 heavy (non-hydrogen) atoms. The maximum atomic E-state index is 13.2. The molecular formula is C22H23NO7. The Morgan fingerprint density at radius 3 is 2.57 bits per heavy atom. The zero-order valence-electron chi connectivity index (χ0n) is 16.5. The minimum Gasteiger partial charge on any atom is -0.507 e. The normalized spacial score (nSPS) is 16.0. The number of carbonyl (C=O) groups excluding carboxylic acids is 3. The van der Waals surface area contributed by atoms with Gasteiger partial charge in [0.1, 0.15) is 18.1 Å². The van der Waals surface area contributed by atoms with E-state index in [9.17, 15) is 24.6 Å². The van der Waals surface area contributed by atoms with Gasteiger partial charge in [-0.2, -0.15) is 0 Å². The molecule has 2 aromatic carbocycles. The van der Waals surface area contributed by atoms with Gasteiger partial charge in [0.05, 0.1) is 29.8 Å². The zero-order valence-corrected chi connectivity index (χ0v) is 16.5. The number of likely N-dealkylation sites (tertiary alicyclic amines) is 1. The Morgan fingerprint density at radius 2 is 1.87 bits per heavy atom. The number of hydrogen-bond acceptors (Lipinski definition) is 7. The number of amides is 1. The van der Waals surface area contributed by atoms with E-state index in [0.717, 1.165) is 12.8 Å². The summed E-state index contributed by atoms with van der Waals surface area (Å²) in [6, 6.07) is 7.13. The Morgan fingerprint density at radius 1 is 1.10 bits per heavy atom. The molecular weight excluding hydrogens is 390 g/mol. The predicted octanol–water partition coefficient (Wildman–Crippen LogP) is 2.81. The van der Waals surface area contributed by atoms with E-state index in [-0.39, 0.29) is 52.3 Å². The van der Waals surface area contributed by atoms with Crippen LogP contribution in [-0.2, 0) is 0 Å². The van der Waals surface area contributed by atoms with Crippen LogP contribution >= 0.6 is 0 Å². The molecule has 0 bridgehead atoms. The average molecular weight is 413 g/mol. The Bertz CT molecular complexity index is 957. The van der Waals surface area contributed by atoms with Crippen molar-refractivity contribution in [3.05, 3.63) is 47.0 Å². The molecule has 8 nitrogen and oxygen atoms in total. The Labute approximate surface area is 173 Å². The summed E-state index contributed by atoms with van der Waals surface area (Å²) in [5.74, 6) is -0.604. The lowest BCUT2D eigenvalue weighted by Crippen LogP contribution is -2.47. The van der Waals surface area contributed by atoms with Crippen molar-refractivity contribution in [3.63, 3.8) is 0 Å². The second-order valence-corrected chi connectivity index (χ2v) is 6.96. The number of ether oxygens (including phenoxy) is 2. The fourth-order valence-corrected chi connectivity index (χ4v) is 3.62. The number of benzene rings is 2. The highest BCUT2D eigenvalue weighted by molar-refractivity contribution is 6.03. The predicted molar refractivity (Wildman–Crippen MR) is 108 cm³/mol. The molecule has 0 aromatic heterocycles. The molecule has 0 aliphatic carbocycles. The molecule has 2 N–H and O–H groups in total. The second kappa shape index (κ2) is 9.30. The van der Waals surface area contributed by atoms with Gasteiger partial charge in [-0.15, -0.1) is 0 Å². The van der Waals surface area contributed by atoms with Gasteiger partial charge in [0.25, 0.3) is 5.91 Å². The van der Waals surface area contributed by atoms with E-state index in [1.165, 1.54) is 25.3 Å². The van der Waals surface area contributed by atoms with E-state index in [2.05, 4.69) is 0 Å². The number of hydrogen-bond donors (Lipinski definition) is 2. The third kappa shape index (κ3) is 4.07. The van der Waals surface area contributed by atoms with Crippen molar-refractivity contribution in [3.8, 4) is 23.0 Å². The number of rotatable bonds is 7. The summed E-state index contributed by atoms with van der Waals surface area (Å²) in [7, 11) is 1.36. The molecule has 0 radical (unpaired) electrons. The molecule has 0 saturated carbocycles. The molecule has 3 rings (SSSR count). The number of phenols is 2. The summed E-state index contributed by atoms with van der Waals surface area (Å²) in [5, 5.41) is 20.0. The van der Waals surface area contributed by atoms with E-state index in [1.54, 1.807) is 17.0 Å². The maximum Gasteiger partial charge on any atom is 0.255 e. The quantitative estimate of drug-likeness (QED) is 0.671. The van der Waals surface area contributed by atoms with Gasteiger partial charge in [-0.1, -0.05) is 6.07 Å². The van der Waals surface area contributed by atoms with Crippen molar-refractivity contribution < 1.29 is 34.1 Å². The Hall–Kier alpha value is -3.55. The van der Waals surface area contributed by atoms with Crippen LogP contribution in [0.15, 0.2) is 30.3 Å². The molecule has 0 spiro atoms. The minimum absolute atomic E-state index is 0.0505. The van der Waals surface area contributed by atoms with Crippen molar-refractivity contribution in [1.82, 2.24) is 4.90 Å². The highest BCUT2D eigenvalue weighted by Crippen LogP contribution is 2.33. The fourth-order valence-electron chi connectivity index (χ4n) is 3.62. The second-order valence-electron chi connectivity index (χ2n) is 6.96. The first-order valence-corrected chi connectivity index (χ1v) is 9.57. The monoisotopic (exact) mass is 413 g/mol. The van der Waals surface area contributed by atoms with Crippen LogP contribution in [0.3, 0.4) is 0 Å². The summed E-state index contributed by atoms with van der Waals surface area (Å²) in [4.78, 5) is 37.6. The number of nitrogens with zero attached hydrogens (tertiary/aromatic N) is 1. The van der Waals surface area contributed by atoms with Crippen LogP contribution in [0.25, 0.3) is 0 Å². The van der Waals surface area contributed by atoms with Gasteiger partial charge in [0.15, 0.2) is 24.1 Å². The fraction of sp³-hybridized carbons (Fsp3) is 0.318. The standard InChI is InChI=1S/C22H23NO7/c1-29-20-9-8-15(16(11-24)21(20)27)22(28)23-10-3-2-5-14(23)13-30-19-7-4-6-18(26)17(19)12-25/h4,6-9,11-12,14,26-27H,2-3,5,10,13H2,1H3. The first-order valence-electron chi connectivity index (χ1n) is 9.57. The molecule has 1 atom stereocenters. The summed E-state index contributed by atoms with van der Waals surface area (Å²) >= 11 is 0. The van der Waals surface area contributed by atoms with Gasteiger partial charge in [-0.05, 0) is 43.5 Å². The zero-order chi connectivity index (χ0) is 21.7. The van der Waals surface area contributed by atoms with Crippen molar-refractivity contribution in [2.75, 3.05) is 20.3 Å². The van der Waals surface area contributed by atoms with E-state index in [1.807, 2.05) is 0 Å². The van der Waals surface area contributed by atoms with Gasteiger partial charge >= 0.3 is 0 Å². The molecule has 1 heterocycles. The number of aldehydes is 2. The van der Waals surface area contributed by atoms with Gasteiger partial charge < -0.3 is 24.6 Å². The summed E-state index contributed by atoms with van der Waals surface area (Å²) in [6.45, 7) is 0.590. The lowest BCUT2D eigenvalue weighted by Gasteiger charge is -2.36. The SMILES string of the molecule is COc1ccc(C(=O)N2CCCCC2COc2cccc(O)c2C=O)c(C=O)c1O. The van der Waals surface area contributed by atoms with Crippen molar-refractivity contribution in [2.24, 2.45) is 0 Å². The summed E-state index contributed by atoms with van der Waals surface area (Å²) < 4.78 is 10.8. The highest BCUT2D eigenvalue weighted by atomic mass is 16.5. The lowest BCUT2D eigenvalue weighted by atomic mass is 9.99. The van der Waals surface area contributed by atoms with Crippen LogP contribution < -0.4 is 9.47 Å². The summed E-state index contributed by atoms with van der Waals surface area (Å²) in [5.41, 5.74) is 0.0106. The van der Waals surface area contributed by atoms with Gasteiger partial charge in [0.2, 0.25) is 0 Å². The van der Waals surface area contributed by atoms with Gasteiger partial charge in [0, 0.05) is 6.54 Å². The first kappa shape index (κ1) is 21.2. The van der Waals surface area contributed by atoms with Crippen molar-refractivity contribution in [2.45, 2.75) is 25.3 Å². The van der Waals surface area contributed by atoms with Crippen molar-refractivity contribution >= 4 is 18.5 Å². The molecule has 2 aromatic rings. The molecule has 1 saturated heterocycles. The third-order valence-corrected chi connectivity index (χ3v) is 5.23. The number of phenolic OH excluding ortho intramolecular Hbond substituents is 2. The molecule has 1 unspecified atom stereocenters. The van der Waals surface area contributed by atoms with Crippen LogP contribution in [0.1, 0.15) is 50.3 Å². The molecule has 1 aliphatic rings. The Balaban J connectivity index is 1.83. The summed E-state index contributed by atoms with van der Waals surface area (Å²) in [6.07, 6.45) is 3.33. The topological polar surface area (TPSA) is 113 Å². The highest BCUT2D eigenvalue weighted by Gasteiger charge is 2.30. The molecule has 8 heteroatoms. The number of aromatic hydroxyl groups is 2. The number of methoxy groups -OCH3 is 1. The molecule has 1 aliphatic heterocycles. The van der Waals surface area contributed by atoms with Crippen LogP contribution in [0.4, 0.5) is 0 Å². The molecule has 1 amide bonds. The first-order chi connectivity index (χ1) is 14.5. The van der Waals surface area contributed by atoms with Crippen LogP contribution in [-0.4, -0.2) is 59.9 Å². The maximum absolute atomic E-state index is 13.2. The van der Waals surface area contributed by atoms with E-state index < -0.39 is 5.91 Å². The van der Waals surface area contributed by atoms with E-state index in [0.29, 0.717) is 25.5 Å². The Kier molecular flexibility index (Phi) is 6.56. The smallest absolute Gasteiger partial charge is 0.255 e. The van der Waals surface area contributed by atoms with Crippen molar-refractivity contribution in [1.29, 1.82) is 0 Å². The molecule has 1 fully saturated rings. The van der Waals surface area contributed by atoms with Crippen LogP contribution in [0.2, 0.25) is 0 Å². The van der Waals surface area contributed by atoms with Gasteiger partial charge in [-0.25, -0.2) is 0 Å². The van der Waals surface area contributed by atoms with Crippen LogP contribution in [0.5, 0.6) is 23.0 Å². The van der Waals surface area contributed by atoms with Crippen LogP contribution in [0, 0.1) is 0 Å². The average Bonchev–Trinajstić information content (AvgIpc) is 2.77. The number of piperidine rings is 1. The number of carbonyl (C=O) groups is 3. The van der Waals surface area contributed by atoms with E-state index in [4.69, 9.17) is 9.47 Å². The minimum atomic E-state index is -0.394. The third-order valence-electron chi connectivity index (χ3n) is 5.23.